The molecule has 222 valence electrons. The van der Waals surface area contributed by atoms with Gasteiger partial charge in [-0.2, -0.15) is 31.4 Å². The fraction of sp³-hybridized carbons (Fsp3) is 0.370. The lowest BCUT2D eigenvalue weighted by molar-refractivity contribution is -0.159. The van der Waals surface area contributed by atoms with Crippen LogP contribution in [0.4, 0.5) is 32.0 Å². The summed E-state index contributed by atoms with van der Waals surface area (Å²) in [4.78, 5) is 39.1. The Kier molecular flexibility index (Phi) is 8.38. The molecular formula is C27H27F6N3O5. The number of aromatic amines is 1. The van der Waals surface area contributed by atoms with Gasteiger partial charge in [0.05, 0.1) is 5.69 Å². The van der Waals surface area contributed by atoms with Crippen LogP contribution in [-0.4, -0.2) is 32.9 Å². The first-order chi connectivity index (χ1) is 18.7. The molecule has 0 radical (unpaired) electrons. The van der Waals surface area contributed by atoms with Crippen LogP contribution in [0.3, 0.4) is 0 Å². The summed E-state index contributed by atoms with van der Waals surface area (Å²) < 4.78 is 90.2. The van der Waals surface area contributed by atoms with Gasteiger partial charge in [0, 0.05) is 23.5 Å². The van der Waals surface area contributed by atoms with E-state index in [2.05, 4.69) is 4.98 Å². The van der Waals surface area contributed by atoms with Gasteiger partial charge >= 0.3 is 24.2 Å². The summed E-state index contributed by atoms with van der Waals surface area (Å²) in [6.45, 7) is 8.38. The first kappa shape index (κ1) is 31.3. The Hall–Kier alpha value is -4.23. The highest BCUT2D eigenvalue weighted by molar-refractivity contribution is 6.34. The number of hydrogen-bond acceptors (Lipinski definition) is 5. The van der Waals surface area contributed by atoms with Crippen molar-refractivity contribution in [1.82, 2.24) is 9.99 Å². The largest absolute Gasteiger partial charge is 0.474 e. The molecule has 0 unspecified atom stereocenters. The van der Waals surface area contributed by atoms with Crippen molar-refractivity contribution in [2.45, 2.75) is 59.3 Å². The van der Waals surface area contributed by atoms with E-state index in [0.29, 0.717) is 10.9 Å². The first-order valence-electron chi connectivity index (χ1n) is 12.2. The van der Waals surface area contributed by atoms with E-state index in [1.54, 1.807) is 27.0 Å². The molecule has 1 aromatic heterocycles. The number of carboxylic acids is 1. The number of carbonyl (C=O) groups is 3. The number of anilines is 1. The van der Waals surface area contributed by atoms with Crippen molar-refractivity contribution < 1.29 is 50.6 Å². The Morgan fingerprint density at radius 3 is 2.00 bits per heavy atom. The lowest BCUT2D eigenvalue weighted by atomic mass is 9.92. The molecule has 1 heterocycles. The molecule has 2 aromatic carbocycles. The highest BCUT2D eigenvalue weighted by Crippen LogP contribution is 2.48. The number of aliphatic carboxylic acids is 1. The number of halogens is 6. The smallest absolute Gasteiger partial charge is 0.420 e. The van der Waals surface area contributed by atoms with Crippen LogP contribution in [0.25, 0.3) is 10.9 Å². The van der Waals surface area contributed by atoms with Crippen LogP contribution in [0.5, 0.6) is 11.5 Å². The Morgan fingerprint density at radius 2 is 1.54 bits per heavy atom. The predicted octanol–water partition coefficient (Wildman–Crippen LogP) is 7.32. The number of carbonyl (C=O) groups excluding carboxylic acids is 2. The zero-order chi connectivity index (χ0) is 31.1. The normalized spacial score (nSPS) is 12.5. The lowest BCUT2D eigenvalue weighted by Gasteiger charge is -2.26. The zero-order valence-electron chi connectivity index (χ0n) is 22.5. The molecule has 2 amide bonds. The third-order valence-electron chi connectivity index (χ3n) is 5.78. The third kappa shape index (κ3) is 7.30. The highest BCUT2D eigenvalue weighted by atomic mass is 19.4. The molecule has 3 N–H and O–H groups in total. The Balaban J connectivity index is 2.18. The van der Waals surface area contributed by atoms with Crippen molar-refractivity contribution in [3.05, 3.63) is 53.2 Å². The van der Waals surface area contributed by atoms with Crippen molar-refractivity contribution in [3.63, 3.8) is 0 Å². The van der Waals surface area contributed by atoms with E-state index in [9.17, 15) is 40.7 Å². The number of alkyl halides is 6. The molecule has 0 fully saturated rings. The molecule has 41 heavy (non-hydrogen) atoms. The average Bonchev–Trinajstić information content (AvgIpc) is 3.23. The van der Waals surface area contributed by atoms with E-state index in [1.165, 1.54) is 18.2 Å². The molecule has 3 rings (SSSR count). The lowest BCUT2D eigenvalue weighted by Crippen LogP contribution is -2.46. The molecule has 3 aromatic rings. The number of hydrogen-bond donors (Lipinski definition) is 3. The number of nitrogens with one attached hydrogen (secondary N) is 2. The van der Waals surface area contributed by atoms with Crippen LogP contribution >= 0.6 is 0 Å². The van der Waals surface area contributed by atoms with Crippen molar-refractivity contribution in [2.24, 2.45) is 5.41 Å². The highest BCUT2D eigenvalue weighted by Gasteiger charge is 2.43. The van der Waals surface area contributed by atoms with E-state index >= 15 is 0 Å². The van der Waals surface area contributed by atoms with Gasteiger partial charge in [-0.25, -0.2) is 4.79 Å². The van der Waals surface area contributed by atoms with Crippen LogP contribution < -0.4 is 10.2 Å². The van der Waals surface area contributed by atoms with Gasteiger partial charge < -0.3 is 14.8 Å². The minimum Gasteiger partial charge on any atom is -0.474 e. The quantitative estimate of drug-likeness (QED) is 0.158. The fourth-order valence-electron chi connectivity index (χ4n) is 3.99. The van der Waals surface area contributed by atoms with Gasteiger partial charge in [0.15, 0.2) is 5.75 Å². The number of hydrazine groups is 1. The number of carboxylic acid groups (broad SMARTS) is 1. The first-order valence-corrected chi connectivity index (χ1v) is 12.2. The van der Waals surface area contributed by atoms with Crippen molar-refractivity contribution >= 4 is 34.4 Å². The molecule has 0 bridgehead atoms. The van der Waals surface area contributed by atoms with Gasteiger partial charge in [0.1, 0.15) is 16.9 Å². The van der Waals surface area contributed by atoms with Gasteiger partial charge in [-0.15, -0.1) is 0 Å². The molecule has 0 saturated carbocycles. The molecule has 0 aliphatic heterocycles. The molecule has 14 heteroatoms. The number of nitrogens with zero attached hydrogens (tertiary/aromatic N) is 1. The number of fused-ring (bicyclic) bond motifs is 1. The maximum Gasteiger partial charge on any atom is 0.420 e. The van der Waals surface area contributed by atoms with Crippen molar-refractivity contribution in [3.8, 4) is 11.5 Å². The predicted molar refractivity (Wildman–Crippen MR) is 136 cm³/mol. The summed E-state index contributed by atoms with van der Waals surface area (Å²) in [6.07, 6.45) is -9.58. The van der Waals surface area contributed by atoms with Crippen molar-refractivity contribution in [2.75, 3.05) is 5.43 Å². The van der Waals surface area contributed by atoms with Crippen LogP contribution in [0, 0.1) is 5.41 Å². The van der Waals surface area contributed by atoms with E-state index in [1.807, 2.05) is 19.3 Å². The standard InChI is InChI=1S/C27H27F6N3O5/c1-13(2)17-12-34-20-7-6-15(10-16(17)20)41-22-18(26(28,29)30)8-14(9-19(22)27(31,32)33)35-36(23(38)24(39)40)21(37)11-25(3,4)5/h6-10,12-13,34-35H,11H2,1-5H3,(H,39,40). The van der Waals surface area contributed by atoms with Gasteiger partial charge in [0.2, 0.25) is 5.91 Å². The molecule has 8 nitrogen and oxygen atoms in total. The zero-order valence-corrected chi connectivity index (χ0v) is 22.5. The summed E-state index contributed by atoms with van der Waals surface area (Å²) in [5.74, 6) is -7.13. The minimum atomic E-state index is -5.40. The van der Waals surface area contributed by atoms with Gasteiger partial charge in [-0.3, -0.25) is 15.0 Å². The summed E-state index contributed by atoms with van der Waals surface area (Å²) in [5.41, 5.74) is -2.39. The van der Waals surface area contributed by atoms with E-state index in [-0.39, 0.29) is 28.8 Å². The Bertz CT molecular complexity index is 1450. The summed E-state index contributed by atoms with van der Waals surface area (Å²) >= 11 is 0. The number of aromatic nitrogens is 1. The van der Waals surface area contributed by atoms with Gasteiger partial charge in [-0.05, 0) is 47.2 Å². The molecule has 0 aliphatic carbocycles. The fourth-order valence-corrected chi connectivity index (χ4v) is 3.99. The molecule has 0 saturated heterocycles. The second-order valence-electron chi connectivity index (χ2n) is 10.8. The van der Waals surface area contributed by atoms with E-state index in [0.717, 1.165) is 5.56 Å². The van der Waals surface area contributed by atoms with Crippen LogP contribution in [-0.2, 0) is 26.7 Å². The molecule has 0 spiro atoms. The topological polar surface area (TPSA) is 112 Å². The van der Waals surface area contributed by atoms with Crippen LogP contribution in [0.1, 0.15) is 63.6 Å². The maximum atomic E-state index is 14.2. The maximum absolute atomic E-state index is 14.2. The minimum absolute atomic E-state index is 0.0155. The van der Waals surface area contributed by atoms with Gasteiger partial charge in [0.25, 0.3) is 0 Å². The van der Waals surface area contributed by atoms with Crippen LogP contribution in [0.2, 0.25) is 0 Å². The van der Waals surface area contributed by atoms with Gasteiger partial charge in [-0.1, -0.05) is 34.6 Å². The third-order valence-corrected chi connectivity index (χ3v) is 5.78. The molecule has 0 atom stereocenters. The average molecular weight is 588 g/mol. The number of H-pyrrole nitrogens is 1. The Labute approximate surface area is 230 Å². The summed E-state index contributed by atoms with van der Waals surface area (Å²) in [6, 6.07) is 4.36. The Morgan fingerprint density at radius 1 is 0.976 bits per heavy atom. The monoisotopic (exact) mass is 587 g/mol. The summed E-state index contributed by atoms with van der Waals surface area (Å²) in [7, 11) is 0. The number of amides is 2. The van der Waals surface area contributed by atoms with E-state index < -0.39 is 64.5 Å². The number of benzene rings is 2. The number of ether oxygens (including phenoxy) is 1. The molecule has 0 aliphatic rings. The second kappa shape index (κ2) is 11.0. The number of imide groups is 1. The number of rotatable bonds is 6. The summed E-state index contributed by atoms with van der Waals surface area (Å²) in [5, 5.41) is 9.51. The molecular weight excluding hydrogens is 560 g/mol. The SMILES string of the molecule is CC(C)c1c[nH]c2ccc(Oc3c(C(F)(F)F)cc(NN(C(=O)CC(C)(C)C)C(=O)C(=O)O)cc3C(F)(F)F)cc12. The van der Waals surface area contributed by atoms with Crippen LogP contribution in [0.15, 0.2) is 36.5 Å². The van der Waals surface area contributed by atoms with E-state index in [4.69, 9.17) is 9.84 Å². The van der Waals surface area contributed by atoms with Crippen molar-refractivity contribution in [1.29, 1.82) is 0 Å². The second-order valence-corrected chi connectivity index (χ2v) is 10.8.